The second-order valence-corrected chi connectivity index (χ2v) is 4.34. The Bertz CT molecular complexity index is 218. The molecule has 2 heteroatoms. The molecular weight excluding hydrogens is 176 g/mol. The van der Waals surface area contributed by atoms with Crippen molar-refractivity contribution in [2.75, 3.05) is 6.61 Å². The lowest BCUT2D eigenvalue weighted by atomic mass is 9.72. The van der Waals surface area contributed by atoms with Gasteiger partial charge in [0.25, 0.3) is 0 Å². The van der Waals surface area contributed by atoms with Gasteiger partial charge in [0.05, 0.1) is 12.0 Å². The fraction of sp³-hybridized carbons (Fsp3) is 0.750. The first-order valence-electron chi connectivity index (χ1n) is 5.43. The van der Waals surface area contributed by atoms with Gasteiger partial charge in [-0.2, -0.15) is 0 Å². The maximum atomic E-state index is 11.7. The molecule has 0 aromatic rings. The Balaban J connectivity index is 2.54. The Morgan fingerprint density at radius 3 is 2.64 bits per heavy atom. The van der Waals surface area contributed by atoms with Gasteiger partial charge in [-0.1, -0.05) is 25.3 Å². The zero-order valence-electron chi connectivity index (χ0n) is 9.21. The minimum atomic E-state index is -0.471. The Kier molecular flexibility index (Phi) is 3.73. The fourth-order valence-corrected chi connectivity index (χ4v) is 1.84. The van der Waals surface area contributed by atoms with Crippen LogP contribution in [0.4, 0.5) is 0 Å². The molecule has 80 valence electrons. The first-order chi connectivity index (χ1) is 6.62. The first-order valence-corrected chi connectivity index (χ1v) is 5.43. The second kappa shape index (κ2) is 4.63. The van der Waals surface area contributed by atoms with E-state index in [1.165, 1.54) is 19.3 Å². The molecule has 0 heterocycles. The minimum Gasteiger partial charge on any atom is -0.465 e. The SMILES string of the molecule is C=CC(C)(CC1CCC1)C(=O)OCC. The largest absolute Gasteiger partial charge is 0.465 e. The lowest BCUT2D eigenvalue weighted by Gasteiger charge is -2.33. The van der Waals surface area contributed by atoms with E-state index in [4.69, 9.17) is 4.74 Å². The summed E-state index contributed by atoms with van der Waals surface area (Å²) in [6.45, 7) is 7.96. The number of ether oxygens (including phenoxy) is 1. The maximum absolute atomic E-state index is 11.7. The Hall–Kier alpha value is -0.790. The van der Waals surface area contributed by atoms with Crippen LogP contribution in [-0.2, 0) is 9.53 Å². The lowest BCUT2D eigenvalue weighted by Crippen LogP contribution is -2.32. The summed E-state index contributed by atoms with van der Waals surface area (Å²) >= 11 is 0. The monoisotopic (exact) mass is 196 g/mol. The van der Waals surface area contributed by atoms with Crippen LogP contribution in [0.25, 0.3) is 0 Å². The molecule has 1 unspecified atom stereocenters. The highest BCUT2D eigenvalue weighted by Crippen LogP contribution is 2.38. The van der Waals surface area contributed by atoms with Crippen LogP contribution < -0.4 is 0 Å². The molecule has 0 aliphatic heterocycles. The predicted molar refractivity (Wildman–Crippen MR) is 56.9 cm³/mol. The van der Waals surface area contributed by atoms with Crippen molar-refractivity contribution in [1.82, 2.24) is 0 Å². The van der Waals surface area contributed by atoms with Crippen molar-refractivity contribution in [3.05, 3.63) is 12.7 Å². The van der Waals surface area contributed by atoms with E-state index in [1.807, 2.05) is 13.8 Å². The van der Waals surface area contributed by atoms with Crippen LogP contribution in [0.2, 0.25) is 0 Å². The summed E-state index contributed by atoms with van der Waals surface area (Å²) in [7, 11) is 0. The zero-order valence-corrected chi connectivity index (χ0v) is 9.21. The summed E-state index contributed by atoms with van der Waals surface area (Å²) in [6.07, 6.45) is 6.45. The number of hydrogen-bond donors (Lipinski definition) is 0. The fourth-order valence-electron chi connectivity index (χ4n) is 1.84. The Labute approximate surface area is 86.3 Å². The van der Waals surface area contributed by atoms with Crippen LogP contribution in [0.15, 0.2) is 12.7 Å². The van der Waals surface area contributed by atoms with Gasteiger partial charge in [0.1, 0.15) is 0 Å². The highest BCUT2D eigenvalue weighted by atomic mass is 16.5. The maximum Gasteiger partial charge on any atom is 0.315 e. The molecule has 0 N–H and O–H groups in total. The molecule has 0 bridgehead atoms. The van der Waals surface area contributed by atoms with Crippen LogP contribution in [0.1, 0.15) is 39.5 Å². The highest BCUT2D eigenvalue weighted by Gasteiger charge is 2.35. The summed E-state index contributed by atoms with van der Waals surface area (Å²) < 4.78 is 5.06. The Morgan fingerprint density at radius 2 is 2.29 bits per heavy atom. The molecule has 1 aliphatic carbocycles. The molecule has 0 amide bonds. The van der Waals surface area contributed by atoms with E-state index in [1.54, 1.807) is 6.08 Å². The van der Waals surface area contributed by atoms with Gasteiger partial charge in [-0.3, -0.25) is 4.79 Å². The van der Waals surface area contributed by atoms with E-state index in [2.05, 4.69) is 6.58 Å². The first kappa shape index (κ1) is 11.3. The topological polar surface area (TPSA) is 26.3 Å². The van der Waals surface area contributed by atoms with Gasteiger partial charge in [-0.15, -0.1) is 6.58 Å². The van der Waals surface area contributed by atoms with Crippen molar-refractivity contribution < 1.29 is 9.53 Å². The molecule has 1 fully saturated rings. The quantitative estimate of drug-likeness (QED) is 0.499. The molecule has 1 saturated carbocycles. The number of carbonyl (C=O) groups excluding carboxylic acids is 1. The van der Waals surface area contributed by atoms with Crippen LogP contribution >= 0.6 is 0 Å². The van der Waals surface area contributed by atoms with Crippen molar-refractivity contribution in [3.63, 3.8) is 0 Å². The minimum absolute atomic E-state index is 0.123. The molecule has 0 radical (unpaired) electrons. The van der Waals surface area contributed by atoms with E-state index in [0.29, 0.717) is 12.5 Å². The van der Waals surface area contributed by atoms with E-state index in [-0.39, 0.29) is 5.97 Å². The lowest BCUT2D eigenvalue weighted by molar-refractivity contribution is -0.152. The van der Waals surface area contributed by atoms with Gasteiger partial charge in [0.15, 0.2) is 0 Å². The van der Waals surface area contributed by atoms with Gasteiger partial charge in [0, 0.05) is 0 Å². The third kappa shape index (κ3) is 2.37. The number of hydrogen-bond acceptors (Lipinski definition) is 2. The molecule has 14 heavy (non-hydrogen) atoms. The molecule has 2 nitrogen and oxygen atoms in total. The van der Waals surface area contributed by atoms with Gasteiger partial charge in [-0.05, 0) is 26.2 Å². The summed E-state index contributed by atoms with van der Waals surface area (Å²) in [5, 5.41) is 0. The number of rotatable bonds is 5. The Morgan fingerprint density at radius 1 is 1.64 bits per heavy atom. The smallest absolute Gasteiger partial charge is 0.315 e. The normalized spacial score (nSPS) is 20.7. The van der Waals surface area contributed by atoms with Crippen LogP contribution in [0.3, 0.4) is 0 Å². The van der Waals surface area contributed by atoms with Gasteiger partial charge in [-0.25, -0.2) is 0 Å². The highest BCUT2D eigenvalue weighted by molar-refractivity contribution is 5.78. The van der Waals surface area contributed by atoms with Crippen molar-refractivity contribution in [2.45, 2.75) is 39.5 Å². The summed E-state index contributed by atoms with van der Waals surface area (Å²) in [5.41, 5.74) is -0.471. The van der Waals surface area contributed by atoms with Crippen LogP contribution in [0.5, 0.6) is 0 Å². The van der Waals surface area contributed by atoms with E-state index < -0.39 is 5.41 Å². The molecular formula is C12H20O2. The molecule has 0 saturated heterocycles. The zero-order chi connectivity index (χ0) is 10.6. The summed E-state index contributed by atoms with van der Waals surface area (Å²) in [6, 6.07) is 0. The van der Waals surface area contributed by atoms with Gasteiger partial charge < -0.3 is 4.74 Å². The van der Waals surface area contributed by atoms with E-state index in [0.717, 1.165) is 6.42 Å². The predicted octanol–water partition coefficient (Wildman–Crippen LogP) is 2.93. The van der Waals surface area contributed by atoms with Gasteiger partial charge >= 0.3 is 5.97 Å². The van der Waals surface area contributed by atoms with Crippen molar-refractivity contribution in [2.24, 2.45) is 11.3 Å². The average Bonchev–Trinajstić information content (AvgIpc) is 2.11. The molecule has 0 aromatic heterocycles. The molecule has 1 aliphatic rings. The second-order valence-electron chi connectivity index (χ2n) is 4.34. The van der Waals surface area contributed by atoms with Crippen molar-refractivity contribution >= 4 is 5.97 Å². The molecule has 1 atom stereocenters. The summed E-state index contributed by atoms with van der Waals surface area (Å²) in [4.78, 5) is 11.7. The molecule has 0 aromatic carbocycles. The van der Waals surface area contributed by atoms with E-state index in [9.17, 15) is 4.79 Å². The summed E-state index contributed by atoms with van der Waals surface area (Å²) in [5.74, 6) is 0.573. The molecule has 1 rings (SSSR count). The van der Waals surface area contributed by atoms with E-state index >= 15 is 0 Å². The van der Waals surface area contributed by atoms with Gasteiger partial charge in [0.2, 0.25) is 0 Å². The van der Waals surface area contributed by atoms with Crippen molar-refractivity contribution in [3.8, 4) is 0 Å². The number of carbonyl (C=O) groups is 1. The third-order valence-corrected chi connectivity index (χ3v) is 3.13. The average molecular weight is 196 g/mol. The molecule has 0 spiro atoms. The van der Waals surface area contributed by atoms with Crippen LogP contribution in [-0.4, -0.2) is 12.6 Å². The van der Waals surface area contributed by atoms with Crippen LogP contribution in [0, 0.1) is 11.3 Å². The third-order valence-electron chi connectivity index (χ3n) is 3.13. The standard InChI is InChI=1S/C12H20O2/c1-4-12(3,11(13)14-5-2)9-10-7-6-8-10/h4,10H,1,5-9H2,2-3H3. The van der Waals surface area contributed by atoms with Crippen molar-refractivity contribution in [1.29, 1.82) is 0 Å². The number of esters is 1.